The summed E-state index contributed by atoms with van der Waals surface area (Å²) in [4.78, 5) is 12.9. The number of hydrogen-bond donors (Lipinski definition) is 5. The molecule has 6 atom stereocenters. The summed E-state index contributed by atoms with van der Waals surface area (Å²) in [6.07, 6.45) is 0.248. The average molecular weight is 377 g/mol. The maximum atomic E-state index is 12.9. The van der Waals surface area contributed by atoms with E-state index in [1.807, 2.05) is 5.01 Å². The van der Waals surface area contributed by atoms with Gasteiger partial charge in [-0.1, -0.05) is 0 Å². The zero-order chi connectivity index (χ0) is 17.8. The quantitative estimate of drug-likeness (QED) is 0.261. The molecular weight excluding hydrogens is 348 g/mol. The van der Waals surface area contributed by atoms with Crippen LogP contribution in [0, 0.1) is 5.92 Å². The van der Waals surface area contributed by atoms with Gasteiger partial charge in [-0.3, -0.25) is 10.1 Å². The summed E-state index contributed by atoms with van der Waals surface area (Å²) in [6.45, 7) is 3.95. The van der Waals surface area contributed by atoms with Gasteiger partial charge in [0.25, 0.3) is 0 Å². The zero-order valence-electron chi connectivity index (χ0n) is 14.5. The summed E-state index contributed by atoms with van der Waals surface area (Å²) < 4.78 is 10.9. The van der Waals surface area contributed by atoms with Gasteiger partial charge in [0, 0.05) is 26.7 Å². The molecule has 144 valence electrons. The predicted octanol–water partition coefficient (Wildman–Crippen LogP) is -2.25. The topological polar surface area (TPSA) is 113 Å². The SMILES string of the molecule is COCCOC1CCNCC1NC(=O)C1C(N)NN2CC(Cl)CNC12. The third kappa shape index (κ3) is 4.61. The molecule has 6 unspecified atom stereocenters. The van der Waals surface area contributed by atoms with Crippen LogP contribution in [0.5, 0.6) is 0 Å². The summed E-state index contributed by atoms with van der Waals surface area (Å²) in [5.74, 6) is -0.451. The van der Waals surface area contributed by atoms with Gasteiger partial charge in [0.1, 0.15) is 0 Å². The van der Waals surface area contributed by atoms with Crippen molar-refractivity contribution >= 4 is 17.5 Å². The molecule has 3 heterocycles. The molecule has 10 heteroatoms. The molecule has 0 aromatic rings. The minimum atomic E-state index is -0.441. The summed E-state index contributed by atoms with van der Waals surface area (Å²) in [5.41, 5.74) is 9.31. The lowest BCUT2D eigenvalue weighted by Crippen LogP contribution is -2.61. The molecule has 25 heavy (non-hydrogen) atoms. The van der Waals surface area contributed by atoms with Crippen LogP contribution in [0.4, 0.5) is 0 Å². The molecule has 0 aromatic heterocycles. The van der Waals surface area contributed by atoms with E-state index in [-0.39, 0.29) is 35.5 Å². The number of nitrogens with zero attached hydrogens (tertiary/aromatic N) is 1. The highest BCUT2D eigenvalue weighted by Gasteiger charge is 2.47. The van der Waals surface area contributed by atoms with Gasteiger partial charge in [-0.15, -0.1) is 11.6 Å². The number of amides is 1. The van der Waals surface area contributed by atoms with Crippen molar-refractivity contribution in [2.24, 2.45) is 11.7 Å². The van der Waals surface area contributed by atoms with Crippen LogP contribution in [0.3, 0.4) is 0 Å². The van der Waals surface area contributed by atoms with Crippen LogP contribution in [-0.4, -0.2) is 87.3 Å². The van der Waals surface area contributed by atoms with Crippen molar-refractivity contribution in [1.82, 2.24) is 26.4 Å². The molecule has 0 aromatic carbocycles. The Kier molecular flexibility index (Phi) is 6.86. The number of rotatable bonds is 6. The number of ether oxygens (including phenoxy) is 2. The minimum Gasteiger partial charge on any atom is -0.382 e. The van der Waals surface area contributed by atoms with E-state index >= 15 is 0 Å². The molecule has 0 bridgehead atoms. The molecule has 6 N–H and O–H groups in total. The third-order valence-corrected chi connectivity index (χ3v) is 5.28. The second-order valence-electron chi connectivity index (χ2n) is 6.79. The Morgan fingerprint density at radius 1 is 1.40 bits per heavy atom. The van der Waals surface area contributed by atoms with E-state index in [9.17, 15) is 4.79 Å². The first-order valence-electron chi connectivity index (χ1n) is 8.87. The van der Waals surface area contributed by atoms with Crippen LogP contribution in [0.25, 0.3) is 0 Å². The maximum Gasteiger partial charge on any atom is 0.229 e. The van der Waals surface area contributed by atoms with Gasteiger partial charge < -0.3 is 25.8 Å². The maximum absolute atomic E-state index is 12.9. The van der Waals surface area contributed by atoms with Gasteiger partial charge in [0.15, 0.2) is 0 Å². The molecule has 3 saturated heterocycles. The Morgan fingerprint density at radius 2 is 2.24 bits per heavy atom. The molecule has 0 radical (unpaired) electrons. The molecule has 0 aliphatic carbocycles. The Bertz CT molecular complexity index is 459. The molecule has 9 nitrogen and oxygen atoms in total. The molecule has 3 aliphatic rings. The van der Waals surface area contributed by atoms with Gasteiger partial charge in [0.05, 0.1) is 49.0 Å². The predicted molar refractivity (Wildman–Crippen MR) is 93.8 cm³/mol. The largest absolute Gasteiger partial charge is 0.382 e. The number of alkyl halides is 1. The molecule has 3 aliphatic heterocycles. The molecule has 3 rings (SSSR count). The summed E-state index contributed by atoms with van der Waals surface area (Å²) in [6, 6.07) is -0.0799. The van der Waals surface area contributed by atoms with E-state index in [1.54, 1.807) is 7.11 Å². The lowest BCUT2D eigenvalue weighted by Gasteiger charge is -2.36. The number of methoxy groups -OCH3 is 1. The fraction of sp³-hybridized carbons (Fsp3) is 0.933. The number of piperidine rings is 1. The summed E-state index contributed by atoms with van der Waals surface area (Å²) in [5, 5.41) is 11.7. The van der Waals surface area contributed by atoms with Crippen molar-refractivity contribution in [2.75, 3.05) is 46.5 Å². The smallest absolute Gasteiger partial charge is 0.229 e. The van der Waals surface area contributed by atoms with Crippen LogP contribution < -0.4 is 27.1 Å². The number of hydrogen-bond acceptors (Lipinski definition) is 8. The Labute approximate surface area is 153 Å². The standard InChI is InChI=1S/C15H29ClN6O3/c1-24-4-5-25-11-2-3-18-7-10(11)20-15(23)12-13(17)21-22-8-9(16)6-19-14(12)22/h9-14,18-19,21H,2-8,17H2,1H3,(H,20,23). The number of hydrazine groups is 1. The van der Waals surface area contributed by atoms with E-state index in [1.165, 1.54) is 0 Å². The number of fused-ring (bicyclic) bond motifs is 1. The Hall–Kier alpha value is -0.520. The average Bonchev–Trinajstić information content (AvgIpc) is 2.91. The van der Waals surface area contributed by atoms with E-state index < -0.39 is 6.17 Å². The number of halogens is 1. The fourth-order valence-corrected chi connectivity index (χ4v) is 3.96. The fourth-order valence-electron chi connectivity index (χ4n) is 3.72. The van der Waals surface area contributed by atoms with E-state index in [0.29, 0.717) is 32.8 Å². The van der Waals surface area contributed by atoms with Gasteiger partial charge in [-0.05, 0) is 13.0 Å². The lowest BCUT2D eigenvalue weighted by atomic mass is 9.99. The van der Waals surface area contributed by atoms with Crippen LogP contribution in [0.2, 0.25) is 0 Å². The lowest BCUT2D eigenvalue weighted by molar-refractivity contribution is -0.129. The van der Waals surface area contributed by atoms with E-state index in [4.69, 9.17) is 26.8 Å². The molecule has 0 saturated carbocycles. The van der Waals surface area contributed by atoms with Gasteiger partial charge in [0.2, 0.25) is 5.91 Å². The zero-order valence-corrected chi connectivity index (χ0v) is 15.3. The Morgan fingerprint density at radius 3 is 3.04 bits per heavy atom. The van der Waals surface area contributed by atoms with Crippen molar-refractivity contribution in [3.05, 3.63) is 0 Å². The van der Waals surface area contributed by atoms with Crippen LogP contribution in [0.15, 0.2) is 0 Å². The van der Waals surface area contributed by atoms with Crippen molar-refractivity contribution in [2.45, 2.75) is 36.3 Å². The second-order valence-corrected chi connectivity index (χ2v) is 7.41. The van der Waals surface area contributed by atoms with Crippen molar-refractivity contribution < 1.29 is 14.3 Å². The number of nitrogens with two attached hydrogens (primary N) is 1. The van der Waals surface area contributed by atoms with Crippen LogP contribution in [-0.2, 0) is 14.3 Å². The van der Waals surface area contributed by atoms with Crippen LogP contribution in [0.1, 0.15) is 6.42 Å². The van der Waals surface area contributed by atoms with Crippen molar-refractivity contribution in [3.8, 4) is 0 Å². The highest BCUT2D eigenvalue weighted by atomic mass is 35.5. The number of carbonyl (C=O) groups excluding carboxylic acids is 1. The normalized spacial score (nSPS) is 39.2. The van der Waals surface area contributed by atoms with Crippen molar-refractivity contribution in [3.63, 3.8) is 0 Å². The molecule has 1 amide bonds. The van der Waals surface area contributed by atoms with Gasteiger partial charge in [-0.2, -0.15) is 0 Å². The number of carbonyl (C=O) groups is 1. The monoisotopic (exact) mass is 376 g/mol. The Balaban J connectivity index is 1.58. The summed E-state index contributed by atoms with van der Waals surface area (Å²) in [7, 11) is 1.65. The van der Waals surface area contributed by atoms with Crippen LogP contribution >= 0.6 is 11.6 Å². The van der Waals surface area contributed by atoms with E-state index in [2.05, 4.69) is 21.4 Å². The van der Waals surface area contributed by atoms with E-state index in [0.717, 1.165) is 13.0 Å². The second kappa shape index (κ2) is 8.92. The van der Waals surface area contributed by atoms with Crippen molar-refractivity contribution in [1.29, 1.82) is 0 Å². The van der Waals surface area contributed by atoms with Gasteiger partial charge in [-0.25, -0.2) is 10.4 Å². The number of nitrogens with one attached hydrogen (secondary N) is 4. The third-order valence-electron chi connectivity index (χ3n) is 4.99. The highest BCUT2D eigenvalue weighted by Crippen LogP contribution is 2.23. The van der Waals surface area contributed by atoms with Gasteiger partial charge >= 0.3 is 0 Å². The first-order chi connectivity index (χ1) is 12.1. The molecule has 0 spiro atoms. The molecule has 3 fully saturated rings. The molecular formula is C15H29ClN6O3. The summed E-state index contributed by atoms with van der Waals surface area (Å²) >= 11 is 6.17. The first kappa shape index (κ1) is 19.2. The minimum absolute atomic E-state index is 0.00105. The first-order valence-corrected chi connectivity index (χ1v) is 9.31. The highest BCUT2D eigenvalue weighted by molar-refractivity contribution is 6.21.